The lowest BCUT2D eigenvalue weighted by Crippen LogP contribution is -2.01. The highest BCUT2D eigenvalue weighted by Gasteiger charge is 2.11. The first-order valence-corrected chi connectivity index (χ1v) is 6.54. The molecule has 2 rings (SSSR count). The second kappa shape index (κ2) is 5.71. The average molecular weight is 277 g/mol. The van der Waals surface area contributed by atoms with E-state index in [9.17, 15) is 9.59 Å². The maximum atomic E-state index is 11.0. The highest BCUT2D eigenvalue weighted by atomic mass is 32.2. The Balaban J connectivity index is 2.38. The predicted octanol–water partition coefficient (Wildman–Crippen LogP) is 2.50. The fourth-order valence-electron chi connectivity index (χ4n) is 1.62. The number of nitrogens with zero attached hydrogens (tertiary/aromatic N) is 1. The Labute approximate surface area is 113 Å². The normalized spacial score (nSPS) is 10.5. The Morgan fingerprint density at radius 2 is 1.95 bits per heavy atom. The van der Waals surface area contributed by atoms with Gasteiger partial charge in [0.2, 0.25) is 0 Å². The summed E-state index contributed by atoms with van der Waals surface area (Å²) in [5.41, 5.74) is 0.566. The van der Waals surface area contributed by atoms with E-state index in [0.717, 1.165) is 10.3 Å². The largest absolute Gasteiger partial charge is 0.481 e. The van der Waals surface area contributed by atoms with Crippen LogP contribution in [0.25, 0.3) is 10.9 Å². The van der Waals surface area contributed by atoms with Gasteiger partial charge in [0, 0.05) is 16.0 Å². The summed E-state index contributed by atoms with van der Waals surface area (Å²) in [5, 5.41) is 18.5. The molecule has 0 unspecified atom stereocenters. The smallest absolute Gasteiger partial charge is 0.354 e. The van der Waals surface area contributed by atoms with Gasteiger partial charge in [-0.05, 0) is 12.1 Å². The zero-order valence-electron chi connectivity index (χ0n) is 9.87. The van der Waals surface area contributed by atoms with Crippen molar-refractivity contribution in [3.8, 4) is 0 Å². The van der Waals surface area contributed by atoms with Crippen LogP contribution in [-0.4, -0.2) is 32.9 Å². The Morgan fingerprint density at radius 3 is 2.63 bits per heavy atom. The maximum Gasteiger partial charge on any atom is 0.354 e. The molecule has 0 aliphatic carbocycles. The zero-order valence-corrected chi connectivity index (χ0v) is 10.7. The van der Waals surface area contributed by atoms with Crippen molar-refractivity contribution in [2.75, 3.05) is 5.75 Å². The Bertz CT molecular complexity index is 642. The first-order chi connectivity index (χ1) is 9.08. The molecule has 0 atom stereocenters. The lowest BCUT2D eigenvalue weighted by Gasteiger charge is -2.06. The molecule has 1 heterocycles. The zero-order chi connectivity index (χ0) is 13.8. The van der Waals surface area contributed by atoms with Gasteiger partial charge in [-0.3, -0.25) is 4.79 Å². The number of aromatic nitrogens is 1. The summed E-state index contributed by atoms with van der Waals surface area (Å²) in [6.45, 7) is 0. The molecule has 0 radical (unpaired) electrons. The number of para-hydroxylation sites is 1. The van der Waals surface area contributed by atoms with Crippen molar-refractivity contribution in [3.05, 3.63) is 36.0 Å². The van der Waals surface area contributed by atoms with Crippen LogP contribution in [-0.2, 0) is 4.79 Å². The molecule has 5 nitrogen and oxygen atoms in total. The molecular formula is C13H11NO4S. The van der Waals surface area contributed by atoms with Crippen LogP contribution in [0.15, 0.2) is 35.2 Å². The molecule has 1 aromatic carbocycles. The van der Waals surface area contributed by atoms with E-state index in [4.69, 9.17) is 10.2 Å². The van der Waals surface area contributed by atoms with Gasteiger partial charge in [0.1, 0.15) is 5.69 Å². The van der Waals surface area contributed by atoms with E-state index in [0.29, 0.717) is 11.3 Å². The van der Waals surface area contributed by atoms with Gasteiger partial charge in [0.15, 0.2) is 0 Å². The van der Waals surface area contributed by atoms with Gasteiger partial charge in [0.25, 0.3) is 0 Å². The minimum Gasteiger partial charge on any atom is -0.481 e. The summed E-state index contributed by atoms with van der Waals surface area (Å²) < 4.78 is 0. The van der Waals surface area contributed by atoms with Gasteiger partial charge in [-0.25, -0.2) is 9.78 Å². The molecule has 0 saturated carbocycles. The van der Waals surface area contributed by atoms with Crippen LogP contribution in [0, 0.1) is 0 Å². The summed E-state index contributed by atoms with van der Waals surface area (Å²) >= 11 is 1.33. The first kappa shape index (κ1) is 13.4. The van der Waals surface area contributed by atoms with E-state index >= 15 is 0 Å². The summed E-state index contributed by atoms with van der Waals surface area (Å²) in [6.07, 6.45) is 0.0315. The molecule has 6 heteroatoms. The molecule has 2 N–H and O–H groups in total. The number of rotatable bonds is 5. The number of carboxylic acid groups (broad SMARTS) is 2. The van der Waals surface area contributed by atoms with Crippen molar-refractivity contribution in [2.45, 2.75) is 11.3 Å². The minimum absolute atomic E-state index is 0.0310. The number of hydrogen-bond donors (Lipinski definition) is 2. The van der Waals surface area contributed by atoms with Gasteiger partial charge in [-0.2, -0.15) is 0 Å². The molecule has 1 aromatic heterocycles. The van der Waals surface area contributed by atoms with Crippen LogP contribution in [0.4, 0.5) is 0 Å². The van der Waals surface area contributed by atoms with E-state index in [2.05, 4.69) is 4.98 Å². The van der Waals surface area contributed by atoms with Crippen LogP contribution >= 0.6 is 11.8 Å². The second-order valence-electron chi connectivity index (χ2n) is 3.82. The van der Waals surface area contributed by atoms with Gasteiger partial charge in [-0.15, -0.1) is 11.8 Å². The summed E-state index contributed by atoms with van der Waals surface area (Å²) in [6, 6.07) is 8.69. The maximum absolute atomic E-state index is 11.0. The van der Waals surface area contributed by atoms with E-state index in [-0.39, 0.29) is 12.1 Å². The lowest BCUT2D eigenvalue weighted by atomic mass is 10.2. The molecule has 19 heavy (non-hydrogen) atoms. The summed E-state index contributed by atoms with van der Waals surface area (Å²) in [5.74, 6) is -1.57. The molecule has 0 bridgehead atoms. The van der Waals surface area contributed by atoms with E-state index in [1.807, 2.05) is 12.1 Å². The van der Waals surface area contributed by atoms with Crippen molar-refractivity contribution >= 4 is 34.6 Å². The number of pyridine rings is 1. The summed E-state index contributed by atoms with van der Waals surface area (Å²) in [4.78, 5) is 26.3. The van der Waals surface area contributed by atoms with Gasteiger partial charge >= 0.3 is 11.9 Å². The van der Waals surface area contributed by atoms with E-state index < -0.39 is 11.9 Å². The van der Waals surface area contributed by atoms with Crippen LogP contribution in [0.5, 0.6) is 0 Å². The molecule has 0 saturated heterocycles. The van der Waals surface area contributed by atoms with Crippen molar-refractivity contribution in [1.82, 2.24) is 4.98 Å². The van der Waals surface area contributed by atoms with Crippen LogP contribution in [0.1, 0.15) is 16.9 Å². The van der Waals surface area contributed by atoms with Gasteiger partial charge in [-0.1, -0.05) is 18.2 Å². The van der Waals surface area contributed by atoms with Crippen molar-refractivity contribution < 1.29 is 19.8 Å². The van der Waals surface area contributed by atoms with E-state index in [1.165, 1.54) is 17.8 Å². The van der Waals surface area contributed by atoms with Gasteiger partial charge in [0.05, 0.1) is 11.9 Å². The second-order valence-corrected chi connectivity index (χ2v) is 4.96. The number of fused-ring (bicyclic) bond motifs is 1. The number of benzene rings is 1. The third kappa shape index (κ3) is 3.23. The molecule has 0 fully saturated rings. The lowest BCUT2D eigenvalue weighted by molar-refractivity contribution is -0.136. The predicted molar refractivity (Wildman–Crippen MR) is 71.7 cm³/mol. The molecule has 0 amide bonds. The fourth-order valence-corrected chi connectivity index (χ4v) is 2.64. The Kier molecular flexibility index (Phi) is 4.01. The standard InChI is InChI=1S/C13H11NO4S/c15-12(16)5-6-19-11-7-10(13(17)18)14-9-4-2-1-3-8(9)11/h1-4,7H,5-6H2,(H,15,16)(H,17,18). The number of aromatic carboxylic acids is 1. The monoisotopic (exact) mass is 277 g/mol. The van der Waals surface area contributed by atoms with Crippen molar-refractivity contribution in [2.24, 2.45) is 0 Å². The number of aliphatic carboxylic acids is 1. The number of thioether (sulfide) groups is 1. The SMILES string of the molecule is O=C(O)CCSc1cc(C(=O)O)nc2ccccc12. The number of carbonyl (C=O) groups is 2. The highest BCUT2D eigenvalue weighted by Crippen LogP contribution is 2.28. The third-order valence-corrected chi connectivity index (χ3v) is 3.53. The molecule has 2 aromatic rings. The summed E-state index contributed by atoms with van der Waals surface area (Å²) in [7, 11) is 0. The number of hydrogen-bond acceptors (Lipinski definition) is 4. The molecule has 0 aliphatic rings. The molecule has 0 spiro atoms. The molecule has 0 aliphatic heterocycles. The Hall–Kier alpha value is -2.08. The fraction of sp³-hybridized carbons (Fsp3) is 0.154. The highest BCUT2D eigenvalue weighted by molar-refractivity contribution is 7.99. The average Bonchev–Trinajstić information content (AvgIpc) is 2.38. The van der Waals surface area contributed by atoms with Crippen LogP contribution in [0.3, 0.4) is 0 Å². The number of carboxylic acids is 2. The van der Waals surface area contributed by atoms with Gasteiger partial charge < -0.3 is 10.2 Å². The van der Waals surface area contributed by atoms with Crippen molar-refractivity contribution in [1.29, 1.82) is 0 Å². The quantitative estimate of drug-likeness (QED) is 0.816. The van der Waals surface area contributed by atoms with Crippen LogP contribution < -0.4 is 0 Å². The third-order valence-electron chi connectivity index (χ3n) is 2.47. The minimum atomic E-state index is -1.09. The van der Waals surface area contributed by atoms with E-state index in [1.54, 1.807) is 12.1 Å². The Morgan fingerprint density at radius 1 is 1.21 bits per heavy atom. The topological polar surface area (TPSA) is 87.5 Å². The molecule has 98 valence electrons. The van der Waals surface area contributed by atoms with Crippen molar-refractivity contribution in [3.63, 3.8) is 0 Å². The first-order valence-electron chi connectivity index (χ1n) is 5.55. The molecular weight excluding hydrogens is 266 g/mol. The van der Waals surface area contributed by atoms with Crippen LogP contribution in [0.2, 0.25) is 0 Å².